The molecule has 1 fully saturated rings. The number of rotatable bonds is 3. The fraction of sp³-hybridized carbons (Fsp3) is 0.500. The Balaban J connectivity index is 2.25. The SMILES string of the molecule is O=C(O)C1=CC(OS(=O)(=O)C(F)(F)F)S[C@@H]2CC(=O)N12. The first-order chi connectivity index (χ1) is 9.03. The van der Waals surface area contributed by atoms with Crippen molar-refractivity contribution in [2.45, 2.75) is 22.7 Å². The van der Waals surface area contributed by atoms with Gasteiger partial charge in [-0.05, 0) is 6.08 Å². The highest BCUT2D eigenvalue weighted by Crippen LogP contribution is 2.42. The molecule has 2 heterocycles. The maximum absolute atomic E-state index is 12.2. The number of amides is 1. The largest absolute Gasteiger partial charge is 0.523 e. The molecule has 12 heteroatoms. The number of thioether (sulfide) groups is 1. The molecule has 1 N–H and O–H groups in total. The van der Waals surface area contributed by atoms with Crippen LogP contribution in [0.15, 0.2) is 11.8 Å². The predicted molar refractivity (Wildman–Crippen MR) is 58.4 cm³/mol. The van der Waals surface area contributed by atoms with Gasteiger partial charge in [0, 0.05) is 0 Å². The third kappa shape index (κ3) is 2.50. The molecular formula is C8H6F3NO6S2. The van der Waals surface area contributed by atoms with Gasteiger partial charge in [-0.25, -0.2) is 8.98 Å². The van der Waals surface area contributed by atoms with Crippen molar-refractivity contribution in [2.24, 2.45) is 0 Å². The van der Waals surface area contributed by atoms with Crippen LogP contribution in [-0.2, 0) is 23.9 Å². The Kier molecular flexibility index (Phi) is 3.50. The average Bonchev–Trinajstić information content (AvgIpc) is 2.24. The molecule has 112 valence electrons. The number of β-lactam (4-membered cyclic amide) rings is 1. The Morgan fingerprint density at radius 2 is 2.10 bits per heavy atom. The molecule has 0 aromatic carbocycles. The third-order valence-electron chi connectivity index (χ3n) is 2.47. The molecule has 2 atom stereocenters. The number of carbonyl (C=O) groups is 2. The summed E-state index contributed by atoms with van der Waals surface area (Å²) in [6, 6.07) is 0. The molecule has 0 aliphatic carbocycles. The molecule has 2 aliphatic rings. The molecule has 2 rings (SSSR count). The van der Waals surface area contributed by atoms with Gasteiger partial charge in [0.05, 0.1) is 11.8 Å². The maximum atomic E-state index is 12.2. The van der Waals surface area contributed by atoms with Gasteiger partial charge in [-0.15, -0.1) is 0 Å². The van der Waals surface area contributed by atoms with Crippen LogP contribution < -0.4 is 0 Å². The van der Waals surface area contributed by atoms with Crippen LogP contribution in [0.3, 0.4) is 0 Å². The number of carboxylic acids is 1. The van der Waals surface area contributed by atoms with E-state index in [9.17, 15) is 31.2 Å². The predicted octanol–water partition coefficient (Wildman–Crippen LogP) is 0.452. The number of halogens is 3. The zero-order valence-electron chi connectivity index (χ0n) is 9.33. The Morgan fingerprint density at radius 1 is 1.50 bits per heavy atom. The van der Waals surface area contributed by atoms with Gasteiger partial charge in [0.15, 0.2) is 0 Å². The van der Waals surface area contributed by atoms with E-state index in [-0.39, 0.29) is 6.42 Å². The number of fused-ring (bicyclic) bond motifs is 1. The van der Waals surface area contributed by atoms with E-state index in [0.717, 1.165) is 4.90 Å². The topological polar surface area (TPSA) is 101 Å². The molecule has 1 saturated heterocycles. The van der Waals surface area contributed by atoms with Gasteiger partial charge in [0.1, 0.15) is 11.1 Å². The van der Waals surface area contributed by atoms with E-state index in [4.69, 9.17) is 5.11 Å². The Labute approximate surface area is 114 Å². The molecule has 0 radical (unpaired) electrons. The zero-order chi connectivity index (χ0) is 15.3. The second-order valence-corrected chi connectivity index (χ2v) is 6.62. The molecule has 7 nitrogen and oxygen atoms in total. The Bertz CT molecular complexity index is 598. The normalized spacial score (nSPS) is 26.6. The number of carbonyl (C=O) groups excluding carboxylic acids is 1. The van der Waals surface area contributed by atoms with E-state index >= 15 is 0 Å². The number of alkyl halides is 3. The highest BCUT2D eigenvalue weighted by Gasteiger charge is 2.51. The average molecular weight is 333 g/mol. The standard InChI is InChI=1S/C8H6F3NO6S2/c9-8(10,11)20(16,17)18-6-1-3(7(14)15)12-4(13)2-5(12)19-6/h1,5-6H,2H2,(H,14,15)/t5-,6?/m1/s1. The van der Waals surface area contributed by atoms with E-state index in [0.29, 0.717) is 17.8 Å². The fourth-order valence-electron chi connectivity index (χ4n) is 1.59. The summed E-state index contributed by atoms with van der Waals surface area (Å²) < 4.78 is 62.2. The smallest absolute Gasteiger partial charge is 0.477 e. The first-order valence-corrected chi connectivity index (χ1v) is 7.30. The summed E-state index contributed by atoms with van der Waals surface area (Å²) in [7, 11) is -5.84. The quantitative estimate of drug-likeness (QED) is 0.455. The van der Waals surface area contributed by atoms with Crippen LogP contribution in [0.1, 0.15) is 6.42 Å². The van der Waals surface area contributed by atoms with Gasteiger partial charge >= 0.3 is 21.6 Å². The highest BCUT2D eigenvalue weighted by atomic mass is 32.2. The molecule has 1 amide bonds. The molecule has 0 bridgehead atoms. The van der Waals surface area contributed by atoms with Crippen LogP contribution in [-0.4, -0.2) is 46.6 Å². The lowest BCUT2D eigenvalue weighted by molar-refractivity contribution is -0.146. The molecular weight excluding hydrogens is 327 g/mol. The van der Waals surface area contributed by atoms with Gasteiger partial charge in [-0.1, -0.05) is 11.8 Å². The van der Waals surface area contributed by atoms with Crippen molar-refractivity contribution < 1.29 is 40.5 Å². The lowest BCUT2D eigenvalue weighted by Crippen LogP contribution is -2.54. The summed E-state index contributed by atoms with van der Waals surface area (Å²) in [6.07, 6.45) is 0.561. The van der Waals surface area contributed by atoms with E-state index in [1.165, 1.54) is 0 Å². The Morgan fingerprint density at radius 3 is 2.55 bits per heavy atom. The molecule has 0 spiro atoms. The lowest BCUT2D eigenvalue weighted by Gasteiger charge is -2.43. The minimum Gasteiger partial charge on any atom is -0.477 e. The molecule has 0 saturated carbocycles. The molecule has 20 heavy (non-hydrogen) atoms. The second kappa shape index (κ2) is 4.63. The zero-order valence-corrected chi connectivity index (χ0v) is 11.0. The molecule has 0 aromatic heterocycles. The van der Waals surface area contributed by atoms with Gasteiger partial charge in [0.25, 0.3) is 0 Å². The van der Waals surface area contributed by atoms with Crippen molar-refractivity contribution in [1.29, 1.82) is 0 Å². The van der Waals surface area contributed by atoms with Gasteiger partial charge in [-0.2, -0.15) is 21.6 Å². The summed E-state index contributed by atoms with van der Waals surface area (Å²) >= 11 is 0.613. The summed E-state index contributed by atoms with van der Waals surface area (Å²) in [5.74, 6) is -2.06. The van der Waals surface area contributed by atoms with Crippen molar-refractivity contribution in [3.63, 3.8) is 0 Å². The second-order valence-electron chi connectivity index (χ2n) is 3.78. The Hall–Kier alpha value is -1.27. The fourth-order valence-corrected chi connectivity index (χ4v) is 3.61. The summed E-state index contributed by atoms with van der Waals surface area (Å²) in [4.78, 5) is 23.0. The van der Waals surface area contributed by atoms with E-state index in [2.05, 4.69) is 4.18 Å². The van der Waals surface area contributed by atoms with Gasteiger partial charge in [0.2, 0.25) is 5.91 Å². The van der Waals surface area contributed by atoms with Crippen LogP contribution in [0, 0.1) is 0 Å². The maximum Gasteiger partial charge on any atom is 0.523 e. The number of nitrogens with zero attached hydrogens (tertiary/aromatic N) is 1. The van der Waals surface area contributed by atoms with E-state index in [1.807, 2.05) is 0 Å². The number of hydrogen-bond acceptors (Lipinski definition) is 6. The minimum absolute atomic E-state index is 0.0960. The van der Waals surface area contributed by atoms with Crippen molar-refractivity contribution in [3.8, 4) is 0 Å². The molecule has 0 aromatic rings. The summed E-state index contributed by atoms with van der Waals surface area (Å²) in [5.41, 5.74) is -7.84. The van der Waals surface area contributed by atoms with E-state index < -0.39 is 44.0 Å². The van der Waals surface area contributed by atoms with Crippen LogP contribution in [0.5, 0.6) is 0 Å². The molecule has 1 unspecified atom stereocenters. The van der Waals surface area contributed by atoms with Crippen LogP contribution in [0.25, 0.3) is 0 Å². The third-order valence-corrected chi connectivity index (χ3v) is 4.82. The first kappa shape index (κ1) is 15.1. The van der Waals surface area contributed by atoms with Crippen LogP contribution in [0.2, 0.25) is 0 Å². The summed E-state index contributed by atoms with van der Waals surface area (Å²) in [5, 5.41) is 8.11. The van der Waals surface area contributed by atoms with Crippen LogP contribution in [0.4, 0.5) is 13.2 Å². The van der Waals surface area contributed by atoms with Crippen molar-refractivity contribution in [3.05, 3.63) is 11.8 Å². The minimum atomic E-state index is -5.84. The van der Waals surface area contributed by atoms with Crippen LogP contribution >= 0.6 is 11.8 Å². The van der Waals surface area contributed by atoms with Gasteiger partial charge in [-0.3, -0.25) is 9.69 Å². The first-order valence-electron chi connectivity index (χ1n) is 4.95. The van der Waals surface area contributed by atoms with Crippen molar-refractivity contribution >= 4 is 33.8 Å². The molecule has 2 aliphatic heterocycles. The number of carboxylic acid groups (broad SMARTS) is 1. The number of aliphatic carboxylic acids is 1. The summed E-state index contributed by atoms with van der Waals surface area (Å²) in [6.45, 7) is 0. The van der Waals surface area contributed by atoms with E-state index in [1.54, 1.807) is 0 Å². The van der Waals surface area contributed by atoms with Gasteiger partial charge < -0.3 is 5.11 Å². The number of hydrogen-bond donors (Lipinski definition) is 1. The van der Waals surface area contributed by atoms with Crippen molar-refractivity contribution in [1.82, 2.24) is 4.90 Å². The highest BCUT2D eigenvalue weighted by molar-refractivity contribution is 8.01. The lowest BCUT2D eigenvalue weighted by atomic mass is 10.1. The monoisotopic (exact) mass is 333 g/mol. The van der Waals surface area contributed by atoms with Crippen molar-refractivity contribution in [2.75, 3.05) is 0 Å².